The Morgan fingerprint density at radius 1 is 1.16 bits per heavy atom. The van der Waals surface area contributed by atoms with Crippen LogP contribution in [-0.4, -0.2) is 64.5 Å². The summed E-state index contributed by atoms with van der Waals surface area (Å²) in [6.07, 6.45) is -1.34. The molecular formula is C25H22N2O9S. The Morgan fingerprint density at radius 3 is 2.49 bits per heavy atom. The number of benzene rings is 2. The number of methoxy groups -OCH3 is 1. The lowest BCUT2D eigenvalue weighted by Crippen LogP contribution is -2.71. The fourth-order valence-corrected chi connectivity index (χ4v) is 5.27. The number of thioether (sulfide) groups is 1. The first-order valence-electron chi connectivity index (χ1n) is 11.0. The van der Waals surface area contributed by atoms with E-state index in [-0.39, 0.29) is 24.4 Å². The number of ether oxygens (including phenoxy) is 3. The topological polar surface area (TPSA) is 149 Å². The number of fused-ring (bicyclic) bond motifs is 1. The van der Waals surface area contributed by atoms with Gasteiger partial charge in [-0.15, -0.1) is 11.8 Å². The largest absolute Gasteiger partial charge is 0.497 e. The van der Waals surface area contributed by atoms with E-state index in [9.17, 15) is 29.1 Å². The van der Waals surface area contributed by atoms with Gasteiger partial charge in [0.2, 0.25) is 6.10 Å². The Bertz CT molecular complexity index is 1250. The number of carbonyl (C=O) groups is 5. The normalized spacial score (nSPS) is 19.2. The Labute approximate surface area is 215 Å². The molecule has 0 saturated carbocycles. The maximum Gasteiger partial charge on any atom is 0.353 e. The molecule has 3 atom stereocenters. The summed E-state index contributed by atoms with van der Waals surface area (Å²) in [7, 11) is 1.48. The van der Waals surface area contributed by atoms with Crippen LogP contribution in [0.4, 0.5) is 0 Å². The van der Waals surface area contributed by atoms with Gasteiger partial charge in [0.1, 0.15) is 29.5 Å². The second kappa shape index (κ2) is 11.2. The number of carbonyl (C=O) groups excluding carboxylic acids is 4. The molecule has 1 fully saturated rings. The van der Waals surface area contributed by atoms with Gasteiger partial charge < -0.3 is 24.6 Å². The average molecular weight is 527 g/mol. The average Bonchev–Trinajstić information content (AvgIpc) is 2.92. The molecule has 192 valence electrons. The van der Waals surface area contributed by atoms with Gasteiger partial charge in [-0.3, -0.25) is 19.3 Å². The lowest BCUT2D eigenvalue weighted by Gasteiger charge is -2.49. The third kappa shape index (κ3) is 5.28. The third-order valence-electron chi connectivity index (χ3n) is 5.78. The number of amides is 2. The Balaban J connectivity index is 1.47. The van der Waals surface area contributed by atoms with Crippen LogP contribution in [0.2, 0.25) is 0 Å². The van der Waals surface area contributed by atoms with Crippen molar-refractivity contribution in [3.63, 3.8) is 0 Å². The standard InChI is InChI=1S/C25H22N2O9S/c1-34-16-9-7-15(8-10-16)20(36-13-28)21(29)26-18-22(30)27-19(24(31)32)17(12-37-23(18)27)25(33)35-11-14-5-3-2-4-6-14/h2-10,13,18,20,23H,11-12H2,1H3,(H,26,29)(H,31,32)/t18?,20?,23-/m1/s1. The summed E-state index contributed by atoms with van der Waals surface area (Å²) in [5.41, 5.74) is 0.442. The number of nitrogens with one attached hydrogen (secondary N) is 1. The van der Waals surface area contributed by atoms with Crippen LogP contribution in [0.25, 0.3) is 0 Å². The van der Waals surface area contributed by atoms with Crippen molar-refractivity contribution in [2.45, 2.75) is 24.1 Å². The van der Waals surface area contributed by atoms with Crippen molar-refractivity contribution >= 4 is 42.0 Å². The van der Waals surface area contributed by atoms with Crippen molar-refractivity contribution in [1.82, 2.24) is 10.2 Å². The summed E-state index contributed by atoms with van der Waals surface area (Å²) < 4.78 is 15.3. The van der Waals surface area contributed by atoms with E-state index < -0.39 is 47.0 Å². The number of carboxylic acid groups (broad SMARTS) is 1. The number of hydrogen-bond donors (Lipinski definition) is 2. The summed E-state index contributed by atoms with van der Waals surface area (Å²) in [6, 6.07) is 14.0. The van der Waals surface area contributed by atoms with E-state index in [1.165, 1.54) is 19.2 Å². The molecular weight excluding hydrogens is 504 g/mol. The second-order valence-electron chi connectivity index (χ2n) is 7.98. The molecule has 0 aromatic heterocycles. The summed E-state index contributed by atoms with van der Waals surface area (Å²) in [6.45, 7) is 0.0671. The van der Waals surface area contributed by atoms with Crippen LogP contribution < -0.4 is 10.1 Å². The minimum absolute atomic E-state index is 0.0389. The van der Waals surface area contributed by atoms with Gasteiger partial charge in [-0.25, -0.2) is 9.59 Å². The first-order valence-corrected chi connectivity index (χ1v) is 12.1. The quantitative estimate of drug-likeness (QED) is 0.264. The number of β-lactam (4-membered cyclic amide) rings is 1. The first-order chi connectivity index (χ1) is 17.8. The fourth-order valence-electron chi connectivity index (χ4n) is 3.94. The van der Waals surface area contributed by atoms with Crippen LogP contribution >= 0.6 is 11.8 Å². The molecule has 2 amide bonds. The van der Waals surface area contributed by atoms with Crippen molar-refractivity contribution in [2.75, 3.05) is 12.9 Å². The summed E-state index contributed by atoms with van der Waals surface area (Å²) in [4.78, 5) is 62.5. The van der Waals surface area contributed by atoms with Crippen LogP contribution in [0.5, 0.6) is 5.75 Å². The van der Waals surface area contributed by atoms with Crippen molar-refractivity contribution in [1.29, 1.82) is 0 Å². The molecule has 1 saturated heterocycles. The van der Waals surface area contributed by atoms with Gasteiger partial charge in [-0.05, 0) is 17.7 Å². The number of nitrogens with zero attached hydrogens (tertiary/aromatic N) is 1. The highest BCUT2D eigenvalue weighted by Crippen LogP contribution is 2.41. The lowest BCUT2D eigenvalue weighted by atomic mass is 10.0. The lowest BCUT2D eigenvalue weighted by molar-refractivity contribution is -0.154. The van der Waals surface area contributed by atoms with Crippen LogP contribution in [0.1, 0.15) is 17.2 Å². The van der Waals surface area contributed by atoms with E-state index in [2.05, 4.69) is 5.32 Å². The van der Waals surface area contributed by atoms with Gasteiger partial charge in [-0.1, -0.05) is 42.5 Å². The number of hydrogen-bond acceptors (Lipinski definition) is 9. The number of rotatable bonds is 10. The number of esters is 1. The van der Waals surface area contributed by atoms with Gasteiger partial charge in [-0.2, -0.15) is 0 Å². The van der Waals surface area contributed by atoms with Crippen LogP contribution in [-0.2, 0) is 40.1 Å². The van der Waals surface area contributed by atoms with E-state index in [0.29, 0.717) is 11.3 Å². The molecule has 0 spiro atoms. The smallest absolute Gasteiger partial charge is 0.353 e. The predicted octanol–water partition coefficient (Wildman–Crippen LogP) is 1.39. The molecule has 4 rings (SSSR count). The van der Waals surface area contributed by atoms with Gasteiger partial charge in [0.15, 0.2) is 0 Å². The highest BCUT2D eigenvalue weighted by atomic mass is 32.2. The molecule has 2 aliphatic rings. The minimum Gasteiger partial charge on any atom is -0.497 e. The zero-order valence-electron chi connectivity index (χ0n) is 19.5. The Hall–Kier alpha value is -4.32. The molecule has 2 aliphatic heterocycles. The van der Waals surface area contributed by atoms with E-state index in [0.717, 1.165) is 22.2 Å². The summed E-state index contributed by atoms with van der Waals surface area (Å²) >= 11 is 1.11. The van der Waals surface area contributed by atoms with Crippen molar-refractivity contribution in [3.05, 3.63) is 77.0 Å². The fraction of sp³-hybridized carbons (Fsp3) is 0.240. The molecule has 0 bridgehead atoms. The van der Waals surface area contributed by atoms with Crippen molar-refractivity contribution in [2.24, 2.45) is 0 Å². The molecule has 2 unspecified atom stereocenters. The van der Waals surface area contributed by atoms with E-state index in [4.69, 9.17) is 14.2 Å². The Kier molecular flexibility index (Phi) is 7.77. The Morgan fingerprint density at radius 2 is 1.86 bits per heavy atom. The van der Waals surface area contributed by atoms with Crippen molar-refractivity contribution < 1.29 is 43.3 Å². The summed E-state index contributed by atoms with van der Waals surface area (Å²) in [5.74, 6) is -3.28. The number of carboxylic acids is 1. The SMILES string of the molecule is COc1ccc(C(OC=O)C(=O)NC2C(=O)N3C(C(=O)O)=C(C(=O)OCc4ccccc4)CS[C@H]23)cc1. The third-order valence-corrected chi connectivity index (χ3v) is 7.06. The predicted molar refractivity (Wildman–Crippen MR) is 129 cm³/mol. The van der Waals surface area contributed by atoms with E-state index in [1.54, 1.807) is 36.4 Å². The molecule has 11 nitrogen and oxygen atoms in total. The maximum atomic E-state index is 12.9. The monoisotopic (exact) mass is 526 g/mol. The van der Waals surface area contributed by atoms with E-state index in [1.807, 2.05) is 6.07 Å². The molecule has 2 heterocycles. The van der Waals surface area contributed by atoms with Crippen LogP contribution in [0.3, 0.4) is 0 Å². The molecule has 2 aromatic rings. The van der Waals surface area contributed by atoms with Gasteiger partial charge in [0.25, 0.3) is 18.3 Å². The molecule has 2 N–H and O–H groups in total. The van der Waals surface area contributed by atoms with Gasteiger partial charge in [0, 0.05) is 11.3 Å². The van der Waals surface area contributed by atoms with E-state index >= 15 is 0 Å². The number of aliphatic carboxylic acids is 1. The van der Waals surface area contributed by atoms with Crippen LogP contribution in [0, 0.1) is 0 Å². The molecule has 0 radical (unpaired) electrons. The molecule has 0 aliphatic carbocycles. The zero-order chi connectivity index (χ0) is 26.5. The molecule has 37 heavy (non-hydrogen) atoms. The van der Waals surface area contributed by atoms with Gasteiger partial charge in [0.05, 0.1) is 12.7 Å². The van der Waals surface area contributed by atoms with Crippen LogP contribution in [0.15, 0.2) is 65.9 Å². The molecule has 2 aromatic carbocycles. The molecule has 12 heteroatoms. The van der Waals surface area contributed by atoms with Gasteiger partial charge >= 0.3 is 11.9 Å². The minimum atomic E-state index is -1.46. The second-order valence-corrected chi connectivity index (χ2v) is 9.08. The highest BCUT2D eigenvalue weighted by Gasteiger charge is 2.55. The summed E-state index contributed by atoms with van der Waals surface area (Å²) in [5, 5.41) is 11.5. The maximum absolute atomic E-state index is 12.9. The zero-order valence-corrected chi connectivity index (χ0v) is 20.3. The van der Waals surface area contributed by atoms with Crippen molar-refractivity contribution in [3.8, 4) is 5.75 Å². The highest BCUT2D eigenvalue weighted by molar-refractivity contribution is 8.00. The first kappa shape index (κ1) is 25.8.